The lowest BCUT2D eigenvalue weighted by molar-refractivity contribution is -0.0207. The zero-order chi connectivity index (χ0) is 13.5. The van der Waals surface area contributed by atoms with Crippen LogP contribution in [0.1, 0.15) is 44.7 Å². The maximum Gasteiger partial charge on any atom is 0.124 e. The van der Waals surface area contributed by atoms with Crippen molar-refractivity contribution in [2.24, 2.45) is 0 Å². The molecule has 2 unspecified atom stereocenters. The van der Waals surface area contributed by atoms with Crippen LogP contribution in [0.3, 0.4) is 0 Å². The Hall–Kier alpha value is -0.580. The van der Waals surface area contributed by atoms with Crippen molar-refractivity contribution in [1.29, 1.82) is 0 Å². The number of aliphatic hydroxyl groups is 1. The van der Waals surface area contributed by atoms with Crippen LogP contribution in [0.25, 0.3) is 0 Å². The van der Waals surface area contributed by atoms with Gasteiger partial charge in [-0.25, -0.2) is 0 Å². The number of rotatable bonds is 3. The van der Waals surface area contributed by atoms with Gasteiger partial charge in [-0.3, -0.25) is 9.58 Å². The molecule has 1 aromatic rings. The first-order valence-electron chi connectivity index (χ1n) is 7.35. The summed E-state index contributed by atoms with van der Waals surface area (Å²) in [5.74, 6) is 0. The van der Waals surface area contributed by atoms with Gasteiger partial charge in [-0.1, -0.05) is 24.9 Å². The van der Waals surface area contributed by atoms with E-state index in [0.29, 0.717) is 5.02 Å². The van der Waals surface area contributed by atoms with Crippen LogP contribution in [0.2, 0.25) is 5.02 Å². The van der Waals surface area contributed by atoms with Crippen molar-refractivity contribution in [2.45, 2.75) is 57.2 Å². The predicted octanol–water partition coefficient (Wildman–Crippen LogP) is 2.39. The van der Waals surface area contributed by atoms with Gasteiger partial charge in [0.05, 0.1) is 16.9 Å². The molecule has 2 aliphatic rings. The smallest absolute Gasteiger partial charge is 0.124 e. The highest BCUT2D eigenvalue weighted by Crippen LogP contribution is 2.44. The van der Waals surface area contributed by atoms with Gasteiger partial charge in [0.1, 0.15) is 5.60 Å². The van der Waals surface area contributed by atoms with E-state index in [0.717, 1.165) is 44.6 Å². The Labute approximate surface area is 119 Å². The summed E-state index contributed by atoms with van der Waals surface area (Å²) < 4.78 is 1.90. The van der Waals surface area contributed by atoms with Crippen molar-refractivity contribution in [3.63, 3.8) is 0 Å². The highest BCUT2D eigenvalue weighted by atomic mass is 35.5. The number of aromatic nitrogens is 2. The molecule has 3 rings (SSSR count). The molecule has 2 saturated heterocycles. The van der Waals surface area contributed by atoms with Crippen LogP contribution >= 0.6 is 11.6 Å². The number of hydrogen-bond acceptors (Lipinski definition) is 3. The minimum absolute atomic E-state index is 0.214. The lowest BCUT2D eigenvalue weighted by Gasteiger charge is -2.37. The fourth-order valence-corrected chi connectivity index (χ4v) is 4.04. The van der Waals surface area contributed by atoms with Crippen molar-refractivity contribution in [3.8, 4) is 0 Å². The lowest BCUT2D eigenvalue weighted by Crippen LogP contribution is -2.46. The Balaban J connectivity index is 1.98. The standard InChI is InChI=1S/C14H22ClN3O/c1-2-7-18-13(11(15)10-16-18)14(19)6-9-17-8-4-3-5-12(14)17/h10,12,19H,2-9H2,1H3. The third-order valence-corrected chi connectivity index (χ3v) is 4.86. The van der Waals surface area contributed by atoms with Crippen molar-refractivity contribution in [2.75, 3.05) is 13.1 Å². The Morgan fingerprint density at radius 2 is 2.32 bits per heavy atom. The molecule has 19 heavy (non-hydrogen) atoms. The third-order valence-electron chi connectivity index (χ3n) is 4.59. The van der Waals surface area contributed by atoms with Crippen LogP contribution < -0.4 is 0 Å². The summed E-state index contributed by atoms with van der Waals surface area (Å²) in [7, 11) is 0. The predicted molar refractivity (Wildman–Crippen MR) is 75.3 cm³/mol. The Kier molecular flexibility index (Phi) is 3.58. The zero-order valence-corrected chi connectivity index (χ0v) is 12.2. The summed E-state index contributed by atoms with van der Waals surface area (Å²) in [5.41, 5.74) is 0.0221. The van der Waals surface area contributed by atoms with Crippen LogP contribution in [-0.4, -0.2) is 38.9 Å². The van der Waals surface area contributed by atoms with E-state index in [9.17, 15) is 5.11 Å². The topological polar surface area (TPSA) is 41.3 Å². The molecule has 0 saturated carbocycles. The highest BCUT2D eigenvalue weighted by Gasteiger charge is 2.50. The van der Waals surface area contributed by atoms with E-state index < -0.39 is 5.60 Å². The van der Waals surface area contributed by atoms with Gasteiger partial charge in [0.25, 0.3) is 0 Å². The van der Waals surface area contributed by atoms with Gasteiger partial charge in [-0.05, 0) is 32.2 Å². The SMILES string of the molecule is CCCn1ncc(Cl)c1C1(O)CCN2CCCCC21. The molecular weight excluding hydrogens is 262 g/mol. The van der Waals surface area contributed by atoms with E-state index in [1.807, 2.05) is 4.68 Å². The summed E-state index contributed by atoms with van der Waals surface area (Å²) in [6.07, 6.45) is 6.94. The van der Waals surface area contributed by atoms with Crippen LogP contribution in [0.5, 0.6) is 0 Å². The molecule has 0 spiro atoms. The van der Waals surface area contributed by atoms with E-state index in [4.69, 9.17) is 11.6 Å². The van der Waals surface area contributed by atoms with Crippen molar-refractivity contribution < 1.29 is 5.11 Å². The molecule has 1 aromatic heterocycles. The van der Waals surface area contributed by atoms with Gasteiger partial charge < -0.3 is 5.11 Å². The minimum atomic E-state index is -0.816. The molecule has 5 heteroatoms. The molecule has 4 nitrogen and oxygen atoms in total. The molecule has 106 valence electrons. The lowest BCUT2D eigenvalue weighted by atomic mass is 9.86. The van der Waals surface area contributed by atoms with Crippen molar-refractivity contribution >= 4 is 11.6 Å². The van der Waals surface area contributed by atoms with E-state index in [-0.39, 0.29) is 6.04 Å². The largest absolute Gasteiger partial charge is 0.382 e. The van der Waals surface area contributed by atoms with Crippen molar-refractivity contribution in [3.05, 3.63) is 16.9 Å². The average molecular weight is 284 g/mol. The number of aryl methyl sites for hydroxylation is 1. The van der Waals surface area contributed by atoms with Gasteiger partial charge in [0.2, 0.25) is 0 Å². The molecule has 3 heterocycles. The Morgan fingerprint density at radius 1 is 1.47 bits per heavy atom. The fourth-order valence-electron chi connectivity index (χ4n) is 3.73. The first-order chi connectivity index (χ1) is 9.16. The Morgan fingerprint density at radius 3 is 3.11 bits per heavy atom. The van der Waals surface area contributed by atoms with Gasteiger partial charge in [0.15, 0.2) is 0 Å². The first-order valence-corrected chi connectivity index (χ1v) is 7.73. The van der Waals surface area contributed by atoms with Crippen LogP contribution in [0.15, 0.2) is 6.20 Å². The summed E-state index contributed by atoms with van der Waals surface area (Å²) >= 11 is 6.32. The molecule has 0 aliphatic carbocycles. The monoisotopic (exact) mass is 283 g/mol. The van der Waals surface area contributed by atoms with Crippen LogP contribution in [-0.2, 0) is 12.1 Å². The molecule has 0 bridgehead atoms. The zero-order valence-electron chi connectivity index (χ0n) is 11.5. The van der Waals surface area contributed by atoms with Gasteiger partial charge in [0, 0.05) is 19.1 Å². The summed E-state index contributed by atoms with van der Waals surface area (Å²) in [4.78, 5) is 2.42. The second-order valence-corrected chi connectivity index (χ2v) is 6.19. The molecule has 2 fully saturated rings. The summed E-state index contributed by atoms with van der Waals surface area (Å²) in [6.45, 7) is 5.00. The van der Waals surface area contributed by atoms with E-state index in [1.54, 1.807) is 6.20 Å². The second kappa shape index (κ2) is 5.08. The summed E-state index contributed by atoms with van der Waals surface area (Å²) in [6, 6.07) is 0.214. The maximum atomic E-state index is 11.2. The molecule has 0 aromatic carbocycles. The summed E-state index contributed by atoms with van der Waals surface area (Å²) in [5, 5.41) is 16.2. The quantitative estimate of drug-likeness (QED) is 0.926. The minimum Gasteiger partial charge on any atom is -0.382 e. The number of hydrogen-bond donors (Lipinski definition) is 1. The fraction of sp³-hybridized carbons (Fsp3) is 0.786. The number of halogens is 1. The number of fused-ring (bicyclic) bond motifs is 1. The van der Waals surface area contributed by atoms with E-state index in [2.05, 4.69) is 16.9 Å². The molecular formula is C14H22ClN3O. The average Bonchev–Trinajstić information content (AvgIpc) is 2.94. The molecule has 0 amide bonds. The first kappa shape index (κ1) is 13.4. The molecule has 2 aliphatic heterocycles. The molecule has 2 atom stereocenters. The Bertz CT molecular complexity index is 462. The van der Waals surface area contributed by atoms with Gasteiger partial charge in [-0.2, -0.15) is 5.10 Å². The van der Waals surface area contributed by atoms with E-state index in [1.165, 1.54) is 12.8 Å². The highest BCUT2D eigenvalue weighted by molar-refractivity contribution is 6.31. The second-order valence-electron chi connectivity index (χ2n) is 5.79. The van der Waals surface area contributed by atoms with Crippen molar-refractivity contribution in [1.82, 2.24) is 14.7 Å². The number of nitrogens with zero attached hydrogens (tertiary/aromatic N) is 3. The maximum absolute atomic E-state index is 11.2. The third kappa shape index (κ3) is 2.10. The normalized spacial score (nSPS) is 31.6. The van der Waals surface area contributed by atoms with Crippen LogP contribution in [0.4, 0.5) is 0 Å². The van der Waals surface area contributed by atoms with E-state index >= 15 is 0 Å². The van der Waals surface area contributed by atoms with Gasteiger partial charge in [-0.15, -0.1) is 0 Å². The van der Waals surface area contributed by atoms with Gasteiger partial charge >= 0.3 is 0 Å². The molecule has 1 N–H and O–H groups in total. The number of piperidine rings is 1. The molecule has 0 radical (unpaired) electrons. The van der Waals surface area contributed by atoms with Crippen LogP contribution in [0, 0.1) is 0 Å².